The van der Waals surface area contributed by atoms with Gasteiger partial charge in [-0.3, -0.25) is 0 Å². The summed E-state index contributed by atoms with van der Waals surface area (Å²) < 4.78 is 9.27. The van der Waals surface area contributed by atoms with Gasteiger partial charge in [-0.25, -0.2) is 9.97 Å². The van der Waals surface area contributed by atoms with Gasteiger partial charge in [-0.05, 0) is 35.9 Å². The largest absolute Gasteiger partial charge is 0.453 e. The fraction of sp³-hybridized carbons (Fsp3) is 0. The molecule has 7 aromatic carbocycles. The first-order valence-electron chi connectivity index (χ1n) is 16.8. The molecule has 3 aromatic heterocycles. The van der Waals surface area contributed by atoms with Crippen LogP contribution in [0.15, 0.2) is 180 Å². The first kappa shape index (κ1) is 28.3. The van der Waals surface area contributed by atoms with E-state index < -0.39 is 0 Å². The molecule has 10 rings (SSSR count). The van der Waals surface area contributed by atoms with Crippen LogP contribution in [-0.2, 0) is 0 Å². The summed E-state index contributed by atoms with van der Waals surface area (Å²) >= 11 is 0. The normalized spacial score (nSPS) is 11.6. The first-order chi connectivity index (χ1) is 24.8. The highest BCUT2D eigenvalue weighted by atomic mass is 16.3. The van der Waals surface area contributed by atoms with E-state index >= 15 is 0 Å². The van der Waals surface area contributed by atoms with Gasteiger partial charge in [0.25, 0.3) is 0 Å². The van der Waals surface area contributed by atoms with E-state index in [9.17, 15) is 0 Å². The first-order valence-corrected chi connectivity index (χ1v) is 16.8. The van der Waals surface area contributed by atoms with Crippen LogP contribution in [-0.4, -0.2) is 14.5 Å². The molecule has 0 spiro atoms. The van der Waals surface area contributed by atoms with Gasteiger partial charge in [0.05, 0.1) is 22.4 Å². The van der Waals surface area contributed by atoms with Gasteiger partial charge in [0, 0.05) is 49.5 Å². The maximum absolute atomic E-state index is 6.94. The van der Waals surface area contributed by atoms with Gasteiger partial charge in [-0.2, -0.15) is 0 Å². The van der Waals surface area contributed by atoms with Crippen LogP contribution in [0, 0.1) is 0 Å². The van der Waals surface area contributed by atoms with E-state index in [2.05, 4.69) is 144 Å². The van der Waals surface area contributed by atoms with Gasteiger partial charge in [-0.1, -0.05) is 146 Å². The predicted octanol–water partition coefficient (Wildman–Crippen LogP) is 12.1. The van der Waals surface area contributed by atoms with Crippen LogP contribution in [0.1, 0.15) is 0 Å². The van der Waals surface area contributed by atoms with Crippen LogP contribution < -0.4 is 0 Å². The van der Waals surface area contributed by atoms with Gasteiger partial charge in [-0.15, -0.1) is 0 Å². The molecule has 0 N–H and O–H groups in total. The summed E-state index contributed by atoms with van der Waals surface area (Å²) in [6, 6.07) is 61.1. The predicted molar refractivity (Wildman–Crippen MR) is 205 cm³/mol. The summed E-state index contributed by atoms with van der Waals surface area (Å²) in [5.41, 5.74) is 12.1. The van der Waals surface area contributed by atoms with Crippen LogP contribution in [0.25, 0.3) is 94.5 Å². The molecule has 0 aliphatic carbocycles. The smallest absolute Gasteiger partial charge is 0.160 e. The molecule has 0 saturated heterocycles. The fourth-order valence-corrected chi connectivity index (χ4v) is 7.27. The number of benzene rings is 7. The molecule has 0 aliphatic heterocycles. The number of fused-ring (bicyclic) bond motifs is 7. The van der Waals surface area contributed by atoms with Gasteiger partial charge in [0.15, 0.2) is 11.4 Å². The Labute approximate surface area is 288 Å². The molecule has 0 bridgehead atoms. The Morgan fingerprint density at radius 1 is 0.400 bits per heavy atom. The molecule has 0 radical (unpaired) electrons. The number of aromatic nitrogens is 3. The summed E-state index contributed by atoms with van der Waals surface area (Å²) in [5, 5.41) is 4.58. The van der Waals surface area contributed by atoms with Gasteiger partial charge in [0.2, 0.25) is 0 Å². The fourth-order valence-electron chi connectivity index (χ4n) is 7.27. The highest BCUT2D eigenvalue weighted by molar-refractivity contribution is 6.22. The highest BCUT2D eigenvalue weighted by Crippen LogP contribution is 2.42. The van der Waals surface area contributed by atoms with Crippen molar-refractivity contribution in [2.45, 2.75) is 0 Å². The van der Waals surface area contributed by atoms with E-state index in [1.54, 1.807) is 0 Å². The van der Waals surface area contributed by atoms with Crippen molar-refractivity contribution in [2.24, 2.45) is 0 Å². The number of para-hydroxylation sites is 3. The van der Waals surface area contributed by atoms with Crippen molar-refractivity contribution in [3.63, 3.8) is 0 Å². The van der Waals surface area contributed by atoms with Crippen LogP contribution in [0.3, 0.4) is 0 Å². The maximum atomic E-state index is 6.94. The van der Waals surface area contributed by atoms with E-state index in [0.717, 1.165) is 77.9 Å². The molecule has 50 heavy (non-hydrogen) atoms. The van der Waals surface area contributed by atoms with Crippen LogP contribution in [0.2, 0.25) is 0 Å². The monoisotopic (exact) mass is 639 g/mol. The van der Waals surface area contributed by atoms with E-state index in [0.29, 0.717) is 5.82 Å². The summed E-state index contributed by atoms with van der Waals surface area (Å²) in [6.07, 6.45) is 0. The zero-order chi connectivity index (χ0) is 33.0. The number of nitrogens with zero attached hydrogens (tertiary/aromatic N) is 3. The third-order valence-electron chi connectivity index (χ3n) is 9.63. The maximum Gasteiger partial charge on any atom is 0.160 e. The van der Waals surface area contributed by atoms with Crippen molar-refractivity contribution in [3.8, 4) is 50.7 Å². The van der Waals surface area contributed by atoms with Crippen molar-refractivity contribution in [3.05, 3.63) is 176 Å². The van der Waals surface area contributed by atoms with E-state index in [1.165, 1.54) is 10.8 Å². The number of hydrogen-bond acceptors (Lipinski definition) is 3. The quantitative estimate of drug-likeness (QED) is 0.188. The molecular weight excluding hydrogens is 611 g/mol. The Kier molecular flexibility index (Phi) is 6.46. The molecule has 0 aliphatic rings. The number of hydrogen-bond donors (Lipinski definition) is 0. The summed E-state index contributed by atoms with van der Waals surface area (Å²) in [5.74, 6) is 0.690. The van der Waals surface area contributed by atoms with Crippen LogP contribution in [0.5, 0.6) is 0 Å². The van der Waals surface area contributed by atoms with Crippen molar-refractivity contribution < 1.29 is 4.42 Å². The summed E-state index contributed by atoms with van der Waals surface area (Å²) in [7, 11) is 0. The van der Waals surface area contributed by atoms with Gasteiger partial charge >= 0.3 is 0 Å². The van der Waals surface area contributed by atoms with Gasteiger partial charge in [0.1, 0.15) is 5.58 Å². The molecule has 3 heterocycles. The number of furan rings is 1. The van der Waals surface area contributed by atoms with Crippen LogP contribution >= 0.6 is 0 Å². The lowest BCUT2D eigenvalue weighted by Gasteiger charge is -2.10. The average molecular weight is 640 g/mol. The minimum Gasteiger partial charge on any atom is -0.453 e. The molecule has 0 amide bonds. The van der Waals surface area contributed by atoms with Crippen molar-refractivity contribution in [1.29, 1.82) is 0 Å². The Bertz CT molecular complexity index is 2780. The minimum absolute atomic E-state index is 0.690. The van der Waals surface area contributed by atoms with Crippen molar-refractivity contribution >= 4 is 43.7 Å². The second-order valence-corrected chi connectivity index (χ2v) is 12.6. The van der Waals surface area contributed by atoms with Crippen LogP contribution in [0.4, 0.5) is 0 Å². The zero-order valence-corrected chi connectivity index (χ0v) is 27.0. The third-order valence-corrected chi connectivity index (χ3v) is 9.63. The lowest BCUT2D eigenvalue weighted by atomic mass is 10.0. The molecule has 4 nitrogen and oxygen atoms in total. The third kappa shape index (κ3) is 4.54. The lowest BCUT2D eigenvalue weighted by Crippen LogP contribution is -1.95. The minimum atomic E-state index is 0.690. The molecule has 4 heteroatoms. The van der Waals surface area contributed by atoms with Gasteiger partial charge < -0.3 is 8.98 Å². The summed E-state index contributed by atoms with van der Waals surface area (Å²) in [4.78, 5) is 10.1. The molecule has 0 unspecified atom stereocenters. The molecule has 10 aromatic rings. The lowest BCUT2D eigenvalue weighted by molar-refractivity contribution is 0.672. The SMILES string of the molecule is c1ccc(-c2cc(-c3ccccc3)nc(-c3ccc(-c4cccc5c4oc4c5ccc5c6ccccc6n(-c6ccccc6)c54)cc3)n2)cc1. The standard InChI is InChI=1S/C46H29N3O/c1-4-13-31(14-5-1)40-29-41(32-15-6-2-7-16-32)48-46(47-40)33-25-23-30(24-26-33)35-20-12-21-38-39-28-27-37-36-19-10-11-22-42(36)49(34-17-8-3-9-18-34)43(37)45(39)50-44(35)38/h1-29H. The Morgan fingerprint density at radius 3 is 1.66 bits per heavy atom. The number of rotatable bonds is 5. The molecule has 0 saturated carbocycles. The second-order valence-electron chi connectivity index (χ2n) is 12.6. The molecule has 0 fully saturated rings. The summed E-state index contributed by atoms with van der Waals surface area (Å²) in [6.45, 7) is 0. The van der Waals surface area contributed by atoms with Crippen molar-refractivity contribution in [2.75, 3.05) is 0 Å². The van der Waals surface area contributed by atoms with Crippen molar-refractivity contribution in [1.82, 2.24) is 14.5 Å². The van der Waals surface area contributed by atoms with E-state index in [-0.39, 0.29) is 0 Å². The Balaban J connectivity index is 1.12. The van der Waals surface area contributed by atoms with E-state index in [1.807, 2.05) is 36.4 Å². The second kappa shape index (κ2) is 11.4. The Morgan fingerprint density at radius 2 is 0.960 bits per heavy atom. The van der Waals surface area contributed by atoms with E-state index in [4.69, 9.17) is 14.4 Å². The highest BCUT2D eigenvalue weighted by Gasteiger charge is 2.20. The average Bonchev–Trinajstić information content (AvgIpc) is 3.75. The Hall–Kier alpha value is -6.78. The topological polar surface area (TPSA) is 43.9 Å². The molecule has 0 atom stereocenters. The molecule has 234 valence electrons. The molecular formula is C46H29N3O. The zero-order valence-electron chi connectivity index (χ0n) is 27.0.